The Morgan fingerprint density at radius 1 is 0.926 bits per heavy atom. The minimum Gasteiger partial charge on any atom is -0.399 e. The van der Waals surface area contributed by atoms with E-state index in [2.05, 4.69) is 4.72 Å². The van der Waals surface area contributed by atoms with Gasteiger partial charge >= 0.3 is 7.12 Å². The van der Waals surface area contributed by atoms with Crippen LogP contribution in [0.5, 0.6) is 0 Å². The van der Waals surface area contributed by atoms with Gasteiger partial charge in [-0.3, -0.25) is 4.72 Å². The Labute approximate surface area is 160 Å². The van der Waals surface area contributed by atoms with Gasteiger partial charge in [0.15, 0.2) is 0 Å². The highest BCUT2D eigenvalue weighted by molar-refractivity contribution is 7.92. The molecule has 2 aromatic carbocycles. The van der Waals surface area contributed by atoms with Crippen LogP contribution in [0.15, 0.2) is 53.4 Å². The van der Waals surface area contributed by atoms with E-state index in [0.717, 1.165) is 5.46 Å². The Morgan fingerprint density at radius 2 is 1.44 bits per heavy atom. The number of benzene rings is 2. The van der Waals surface area contributed by atoms with Crippen molar-refractivity contribution in [3.8, 4) is 6.07 Å². The number of anilines is 1. The molecule has 1 aliphatic heterocycles. The van der Waals surface area contributed by atoms with Crippen LogP contribution >= 0.6 is 0 Å². The summed E-state index contributed by atoms with van der Waals surface area (Å²) in [5.41, 5.74) is 0.774. The number of nitriles is 1. The van der Waals surface area contributed by atoms with Crippen LogP contribution in [-0.4, -0.2) is 26.7 Å². The molecule has 0 bridgehead atoms. The van der Waals surface area contributed by atoms with Crippen molar-refractivity contribution in [2.45, 2.75) is 43.8 Å². The van der Waals surface area contributed by atoms with Crippen LogP contribution in [-0.2, 0) is 19.3 Å². The summed E-state index contributed by atoms with van der Waals surface area (Å²) in [6.45, 7) is 7.92. The second-order valence-electron chi connectivity index (χ2n) is 7.45. The van der Waals surface area contributed by atoms with Gasteiger partial charge in [0, 0.05) is 5.69 Å². The molecular weight excluding hydrogens is 363 g/mol. The van der Waals surface area contributed by atoms with Crippen molar-refractivity contribution < 1.29 is 17.7 Å². The molecule has 140 valence electrons. The van der Waals surface area contributed by atoms with Gasteiger partial charge < -0.3 is 9.31 Å². The highest BCUT2D eigenvalue weighted by atomic mass is 32.2. The zero-order chi connectivity index (χ0) is 19.9. The first-order valence-electron chi connectivity index (χ1n) is 8.53. The van der Waals surface area contributed by atoms with Gasteiger partial charge in [-0.2, -0.15) is 5.26 Å². The summed E-state index contributed by atoms with van der Waals surface area (Å²) in [7, 11) is -4.23. The molecule has 0 saturated carbocycles. The summed E-state index contributed by atoms with van der Waals surface area (Å²) in [5.74, 6) is 0. The smallest absolute Gasteiger partial charge is 0.399 e. The molecule has 1 aliphatic rings. The predicted octanol–water partition coefficient (Wildman–Crippen LogP) is 2.66. The second kappa shape index (κ2) is 6.68. The van der Waals surface area contributed by atoms with Crippen molar-refractivity contribution in [3.63, 3.8) is 0 Å². The van der Waals surface area contributed by atoms with Crippen LogP contribution in [0.1, 0.15) is 33.3 Å². The van der Waals surface area contributed by atoms with Gasteiger partial charge in [0.05, 0.1) is 27.7 Å². The molecule has 2 aromatic rings. The van der Waals surface area contributed by atoms with Gasteiger partial charge in [-0.15, -0.1) is 0 Å². The van der Waals surface area contributed by atoms with Gasteiger partial charge in [-0.05, 0) is 69.6 Å². The number of nitrogens with zero attached hydrogens (tertiary/aromatic N) is 1. The topological polar surface area (TPSA) is 88.4 Å². The zero-order valence-corrected chi connectivity index (χ0v) is 16.5. The summed E-state index contributed by atoms with van der Waals surface area (Å²) in [6, 6.07) is 14.6. The van der Waals surface area contributed by atoms with Crippen molar-refractivity contribution in [2.75, 3.05) is 4.72 Å². The van der Waals surface area contributed by atoms with E-state index in [1.165, 1.54) is 24.3 Å². The second-order valence-corrected chi connectivity index (χ2v) is 9.13. The largest absolute Gasteiger partial charge is 0.494 e. The zero-order valence-electron chi connectivity index (χ0n) is 15.7. The number of rotatable bonds is 4. The van der Waals surface area contributed by atoms with Crippen LogP contribution in [0, 0.1) is 11.3 Å². The van der Waals surface area contributed by atoms with Crippen molar-refractivity contribution in [1.82, 2.24) is 0 Å². The molecule has 0 atom stereocenters. The first kappa shape index (κ1) is 19.4. The van der Waals surface area contributed by atoms with Crippen LogP contribution in [0.2, 0.25) is 0 Å². The standard InChI is InChI=1S/C19H21BN2O4S/c1-18(2)19(3,4)26-20(25-18)15-7-9-16(10-8-15)22-27(23,24)17-11-5-14(13-21)6-12-17/h5-12,22H,1-4H3. The fourth-order valence-electron chi connectivity index (χ4n) is 2.61. The molecule has 1 heterocycles. The Hall–Kier alpha value is -2.34. The lowest BCUT2D eigenvalue weighted by Gasteiger charge is -2.32. The van der Waals surface area contributed by atoms with Crippen LogP contribution in [0.25, 0.3) is 0 Å². The number of nitrogens with one attached hydrogen (secondary N) is 1. The summed E-state index contributed by atoms with van der Waals surface area (Å²) in [4.78, 5) is 0.0940. The summed E-state index contributed by atoms with van der Waals surface area (Å²) in [6.07, 6.45) is 0. The summed E-state index contributed by atoms with van der Waals surface area (Å²) >= 11 is 0. The molecule has 0 aromatic heterocycles. The third-order valence-electron chi connectivity index (χ3n) is 4.98. The molecule has 0 spiro atoms. The molecule has 0 amide bonds. The fourth-order valence-corrected chi connectivity index (χ4v) is 3.67. The number of hydrogen-bond donors (Lipinski definition) is 1. The van der Waals surface area contributed by atoms with E-state index >= 15 is 0 Å². The van der Waals surface area contributed by atoms with Gasteiger partial charge in [0.2, 0.25) is 0 Å². The first-order chi connectivity index (χ1) is 12.5. The normalized spacial score (nSPS) is 18.1. The Balaban J connectivity index is 1.75. The van der Waals surface area contributed by atoms with Crippen LogP contribution in [0.3, 0.4) is 0 Å². The van der Waals surface area contributed by atoms with Gasteiger partial charge in [-0.25, -0.2) is 8.42 Å². The van der Waals surface area contributed by atoms with E-state index in [1.807, 2.05) is 33.8 Å². The number of hydrogen-bond acceptors (Lipinski definition) is 5. The first-order valence-corrected chi connectivity index (χ1v) is 10.0. The molecule has 1 fully saturated rings. The Kier molecular flexibility index (Phi) is 4.81. The third kappa shape index (κ3) is 3.86. The van der Waals surface area contributed by atoms with E-state index in [9.17, 15) is 8.42 Å². The van der Waals surface area contributed by atoms with E-state index in [-0.39, 0.29) is 4.90 Å². The highest BCUT2D eigenvalue weighted by Gasteiger charge is 2.51. The lowest BCUT2D eigenvalue weighted by atomic mass is 9.79. The van der Waals surface area contributed by atoms with Gasteiger partial charge in [-0.1, -0.05) is 12.1 Å². The lowest BCUT2D eigenvalue weighted by molar-refractivity contribution is 0.00578. The molecule has 6 nitrogen and oxygen atoms in total. The van der Waals surface area contributed by atoms with Gasteiger partial charge in [0.1, 0.15) is 0 Å². The van der Waals surface area contributed by atoms with Crippen LogP contribution in [0.4, 0.5) is 5.69 Å². The molecule has 8 heteroatoms. The fraction of sp³-hybridized carbons (Fsp3) is 0.316. The molecular formula is C19H21BN2O4S. The monoisotopic (exact) mass is 384 g/mol. The molecule has 1 saturated heterocycles. The minimum atomic E-state index is -3.73. The summed E-state index contributed by atoms with van der Waals surface area (Å²) in [5, 5.41) is 8.81. The predicted molar refractivity (Wildman–Crippen MR) is 104 cm³/mol. The number of sulfonamides is 1. The quantitative estimate of drug-likeness (QED) is 0.819. The SMILES string of the molecule is CC1(C)OB(c2ccc(NS(=O)(=O)c3ccc(C#N)cc3)cc2)OC1(C)C. The molecule has 0 unspecified atom stereocenters. The maximum Gasteiger partial charge on any atom is 0.494 e. The average molecular weight is 384 g/mol. The van der Waals surface area contributed by atoms with Crippen LogP contribution < -0.4 is 10.2 Å². The van der Waals surface area contributed by atoms with Crippen molar-refractivity contribution in [2.24, 2.45) is 0 Å². The van der Waals surface area contributed by atoms with E-state index in [0.29, 0.717) is 11.3 Å². The van der Waals surface area contributed by atoms with Crippen molar-refractivity contribution in [1.29, 1.82) is 5.26 Å². The lowest BCUT2D eigenvalue weighted by Crippen LogP contribution is -2.41. The maximum absolute atomic E-state index is 12.5. The molecule has 0 aliphatic carbocycles. The van der Waals surface area contributed by atoms with E-state index in [4.69, 9.17) is 14.6 Å². The maximum atomic E-state index is 12.5. The van der Waals surface area contributed by atoms with E-state index < -0.39 is 28.3 Å². The Morgan fingerprint density at radius 3 is 1.93 bits per heavy atom. The Bertz CT molecular complexity index is 962. The minimum absolute atomic E-state index is 0.0940. The molecule has 1 N–H and O–H groups in total. The molecule has 3 rings (SSSR count). The third-order valence-corrected chi connectivity index (χ3v) is 6.38. The highest BCUT2D eigenvalue weighted by Crippen LogP contribution is 2.36. The molecule has 0 radical (unpaired) electrons. The van der Waals surface area contributed by atoms with Gasteiger partial charge in [0.25, 0.3) is 10.0 Å². The average Bonchev–Trinajstić information content (AvgIpc) is 2.83. The van der Waals surface area contributed by atoms with E-state index in [1.54, 1.807) is 24.3 Å². The van der Waals surface area contributed by atoms with Crippen molar-refractivity contribution in [3.05, 3.63) is 54.1 Å². The summed E-state index contributed by atoms with van der Waals surface area (Å²) < 4.78 is 39.5. The molecule has 27 heavy (non-hydrogen) atoms. The van der Waals surface area contributed by atoms with Crippen molar-refractivity contribution >= 4 is 28.3 Å².